The minimum Gasteiger partial charge on any atom is -0.493 e. The molecular formula is C20H23F2NO5S. The van der Waals surface area contributed by atoms with E-state index in [4.69, 9.17) is 4.74 Å². The second-order valence-electron chi connectivity index (χ2n) is 6.18. The zero-order chi connectivity index (χ0) is 21.4. The number of benzene rings is 2. The Morgan fingerprint density at radius 1 is 1.14 bits per heavy atom. The number of ether oxygens (including phenoxy) is 2. The molecule has 0 spiro atoms. The number of amides is 1. The third-order valence-corrected chi connectivity index (χ3v) is 6.05. The van der Waals surface area contributed by atoms with Gasteiger partial charge in [0.15, 0.2) is 21.3 Å². The molecule has 0 saturated carbocycles. The van der Waals surface area contributed by atoms with Gasteiger partial charge in [-0.3, -0.25) is 4.79 Å². The summed E-state index contributed by atoms with van der Waals surface area (Å²) in [6, 6.07) is 10.6. The van der Waals surface area contributed by atoms with Gasteiger partial charge in [-0.05, 0) is 42.7 Å². The minimum atomic E-state index is -3.55. The van der Waals surface area contributed by atoms with E-state index in [9.17, 15) is 22.0 Å². The summed E-state index contributed by atoms with van der Waals surface area (Å²) < 4.78 is 59.2. The first kappa shape index (κ1) is 22.6. The number of hydrogen-bond donors (Lipinski definition) is 1. The molecule has 9 heteroatoms. The summed E-state index contributed by atoms with van der Waals surface area (Å²) in [6.07, 6.45) is 0.776. The zero-order valence-corrected chi connectivity index (χ0v) is 17.0. The molecule has 0 unspecified atom stereocenters. The Balaban J connectivity index is 2.08. The Hall–Kier alpha value is -2.68. The molecule has 29 heavy (non-hydrogen) atoms. The van der Waals surface area contributed by atoms with Gasteiger partial charge < -0.3 is 14.8 Å². The van der Waals surface area contributed by atoms with Crippen molar-refractivity contribution in [1.82, 2.24) is 5.32 Å². The maximum absolute atomic E-state index is 12.5. The van der Waals surface area contributed by atoms with Crippen molar-refractivity contribution in [2.24, 2.45) is 0 Å². The lowest BCUT2D eigenvalue weighted by Crippen LogP contribution is -2.27. The van der Waals surface area contributed by atoms with Crippen molar-refractivity contribution in [2.45, 2.75) is 31.3 Å². The van der Waals surface area contributed by atoms with Gasteiger partial charge >= 0.3 is 6.61 Å². The lowest BCUT2D eigenvalue weighted by molar-refractivity contribution is -0.0512. The Morgan fingerprint density at radius 2 is 1.86 bits per heavy atom. The van der Waals surface area contributed by atoms with Gasteiger partial charge in [-0.15, -0.1) is 0 Å². The van der Waals surface area contributed by atoms with Crippen molar-refractivity contribution >= 4 is 15.7 Å². The summed E-state index contributed by atoms with van der Waals surface area (Å²) in [5, 5.41) is 2.67. The van der Waals surface area contributed by atoms with Gasteiger partial charge in [-0.1, -0.05) is 25.1 Å². The van der Waals surface area contributed by atoms with Gasteiger partial charge in [-0.25, -0.2) is 8.42 Å². The first-order chi connectivity index (χ1) is 13.8. The smallest absolute Gasteiger partial charge is 0.387 e. The molecule has 1 N–H and O–H groups in total. The molecule has 0 saturated heterocycles. The number of sulfone groups is 1. The highest BCUT2D eigenvalue weighted by atomic mass is 32.2. The normalized spacial score (nSPS) is 11.3. The van der Waals surface area contributed by atoms with Crippen LogP contribution in [0.2, 0.25) is 0 Å². The second kappa shape index (κ2) is 10.2. The Labute approximate surface area is 168 Å². The van der Waals surface area contributed by atoms with Crippen LogP contribution in [0.1, 0.15) is 29.3 Å². The molecule has 2 aromatic rings. The number of rotatable bonds is 10. The Bertz CT molecular complexity index is 948. The number of hydrogen-bond acceptors (Lipinski definition) is 5. The predicted molar refractivity (Wildman–Crippen MR) is 104 cm³/mol. The van der Waals surface area contributed by atoms with Gasteiger partial charge in [0.05, 0.1) is 23.3 Å². The quantitative estimate of drug-likeness (QED) is 0.628. The van der Waals surface area contributed by atoms with Gasteiger partial charge in [0.25, 0.3) is 5.91 Å². The molecule has 1 amide bonds. The van der Waals surface area contributed by atoms with Gasteiger partial charge in [0.2, 0.25) is 0 Å². The van der Waals surface area contributed by atoms with Crippen molar-refractivity contribution in [3.05, 3.63) is 53.6 Å². The van der Waals surface area contributed by atoms with Crippen LogP contribution in [0.5, 0.6) is 11.5 Å². The van der Waals surface area contributed by atoms with Crippen LogP contribution in [0.25, 0.3) is 0 Å². The summed E-state index contributed by atoms with van der Waals surface area (Å²) in [7, 11) is -2.21. The summed E-state index contributed by atoms with van der Waals surface area (Å²) >= 11 is 0. The standard InChI is InChI=1S/C20H23F2NO5S/c1-3-12-29(25,26)18-7-5-4-6-15(18)19(24)23-11-10-14-8-9-16(27-2)17(13-14)28-20(21)22/h4-9,13,20H,3,10-12H2,1-2H3,(H,23,24). The molecule has 2 aromatic carbocycles. The largest absolute Gasteiger partial charge is 0.493 e. The van der Waals surface area contributed by atoms with Crippen molar-refractivity contribution in [2.75, 3.05) is 19.4 Å². The van der Waals surface area contributed by atoms with Crippen LogP contribution >= 0.6 is 0 Å². The number of nitrogens with one attached hydrogen (secondary N) is 1. The molecule has 0 heterocycles. The summed E-state index contributed by atoms with van der Waals surface area (Å²) in [5.41, 5.74) is 0.728. The summed E-state index contributed by atoms with van der Waals surface area (Å²) in [4.78, 5) is 12.5. The molecule has 0 fully saturated rings. The van der Waals surface area contributed by atoms with Crippen molar-refractivity contribution in [3.63, 3.8) is 0 Å². The minimum absolute atomic E-state index is 0.00332. The fourth-order valence-electron chi connectivity index (χ4n) is 2.78. The summed E-state index contributed by atoms with van der Waals surface area (Å²) in [5.74, 6) is -0.482. The molecule has 0 aliphatic heterocycles. The van der Waals surface area contributed by atoms with Crippen molar-refractivity contribution in [1.29, 1.82) is 0 Å². The third kappa shape index (κ3) is 6.15. The van der Waals surface area contributed by atoms with Crippen molar-refractivity contribution in [3.8, 4) is 11.5 Å². The van der Waals surface area contributed by atoms with Crippen LogP contribution < -0.4 is 14.8 Å². The van der Waals surface area contributed by atoms with Gasteiger partial charge in [-0.2, -0.15) is 8.78 Å². The molecule has 2 rings (SSSR count). The molecule has 0 aliphatic rings. The first-order valence-electron chi connectivity index (χ1n) is 9.00. The van der Waals surface area contributed by atoms with Gasteiger partial charge in [0.1, 0.15) is 0 Å². The average molecular weight is 427 g/mol. The lowest BCUT2D eigenvalue weighted by Gasteiger charge is -2.13. The highest BCUT2D eigenvalue weighted by Gasteiger charge is 2.21. The predicted octanol–water partition coefficient (Wildman–Crippen LogP) is 3.45. The number of methoxy groups -OCH3 is 1. The number of carbonyl (C=O) groups is 1. The second-order valence-corrected chi connectivity index (χ2v) is 8.26. The van der Waals surface area contributed by atoms with Gasteiger partial charge in [0, 0.05) is 6.54 Å². The molecule has 0 aliphatic carbocycles. The molecule has 0 atom stereocenters. The van der Waals surface area contributed by atoms with Crippen LogP contribution in [0.3, 0.4) is 0 Å². The van der Waals surface area contributed by atoms with Crippen LogP contribution in [-0.2, 0) is 16.3 Å². The Kier molecular flexibility index (Phi) is 7.95. The van der Waals surface area contributed by atoms with E-state index in [0.29, 0.717) is 18.4 Å². The monoisotopic (exact) mass is 427 g/mol. The Morgan fingerprint density at radius 3 is 2.52 bits per heavy atom. The molecular weight excluding hydrogens is 404 g/mol. The number of halogens is 2. The van der Waals surface area contributed by atoms with Crippen LogP contribution in [0, 0.1) is 0 Å². The average Bonchev–Trinajstić information content (AvgIpc) is 2.67. The molecule has 0 bridgehead atoms. The highest BCUT2D eigenvalue weighted by molar-refractivity contribution is 7.91. The highest BCUT2D eigenvalue weighted by Crippen LogP contribution is 2.29. The fourth-order valence-corrected chi connectivity index (χ4v) is 4.32. The van der Waals surface area contributed by atoms with Crippen molar-refractivity contribution < 1.29 is 31.5 Å². The van der Waals surface area contributed by atoms with E-state index in [1.165, 1.54) is 31.4 Å². The lowest BCUT2D eigenvalue weighted by atomic mass is 10.1. The van der Waals surface area contributed by atoms with E-state index in [0.717, 1.165) is 0 Å². The number of alkyl halides is 2. The van der Waals surface area contributed by atoms with E-state index in [2.05, 4.69) is 10.1 Å². The molecule has 0 radical (unpaired) electrons. The molecule has 158 valence electrons. The van der Waals surface area contributed by atoms with E-state index in [1.54, 1.807) is 25.1 Å². The summed E-state index contributed by atoms with van der Waals surface area (Å²) in [6.45, 7) is -1.05. The topological polar surface area (TPSA) is 81.7 Å². The van der Waals surface area contributed by atoms with E-state index in [1.807, 2.05) is 0 Å². The SMILES string of the molecule is CCCS(=O)(=O)c1ccccc1C(=O)NCCc1ccc(OC)c(OC(F)F)c1. The zero-order valence-electron chi connectivity index (χ0n) is 16.2. The fraction of sp³-hybridized carbons (Fsp3) is 0.350. The maximum Gasteiger partial charge on any atom is 0.387 e. The number of carbonyl (C=O) groups excluding carboxylic acids is 1. The van der Waals surface area contributed by atoms with Crippen LogP contribution in [0.4, 0.5) is 8.78 Å². The van der Waals surface area contributed by atoms with Crippen LogP contribution in [0.15, 0.2) is 47.4 Å². The van der Waals surface area contributed by atoms with E-state index >= 15 is 0 Å². The third-order valence-electron chi connectivity index (χ3n) is 4.08. The maximum atomic E-state index is 12.5. The molecule has 6 nitrogen and oxygen atoms in total. The van der Waals surface area contributed by atoms with E-state index in [-0.39, 0.29) is 34.3 Å². The molecule has 0 aromatic heterocycles. The first-order valence-corrected chi connectivity index (χ1v) is 10.7. The van der Waals surface area contributed by atoms with E-state index < -0.39 is 22.4 Å². The van der Waals surface area contributed by atoms with Crippen LogP contribution in [-0.4, -0.2) is 40.3 Å².